The van der Waals surface area contributed by atoms with Crippen molar-refractivity contribution in [1.29, 1.82) is 0 Å². The first-order valence-electron chi connectivity index (χ1n) is 5.63. The Morgan fingerprint density at radius 1 is 1.29 bits per heavy atom. The fraction of sp³-hybridized carbons (Fsp3) is 1.00. The average Bonchev–Trinajstić information content (AvgIpc) is 2.00. The Morgan fingerprint density at radius 2 is 1.86 bits per heavy atom. The summed E-state index contributed by atoms with van der Waals surface area (Å²) in [4.78, 5) is 2.46. The van der Waals surface area contributed by atoms with Gasteiger partial charge in [-0.1, -0.05) is 50.0 Å². The van der Waals surface area contributed by atoms with Crippen LogP contribution in [0, 0.1) is 11.3 Å². The van der Waals surface area contributed by atoms with Crippen LogP contribution in [-0.4, -0.2) is 30.4 Å². The summed E-state index contributed by atoms with van der Waals surface area (Å²) < 4.78 is 0. The van der Waals surface area contributed by atoms with Crippen LogP contribution in [0.1, 0.15) is 40.5 Å². The van der Waals surface area contributed by atoms with Crippen LogP contribution < -0.4 is 0 Å². The Morgan fingerprint density at radius 3 is 2.21 bits per heavy atom. The van der Waals surface area contributed by atoms with E-state index in [-0.39, 0.29) is 0 Å². The molecule has 0 fully saturated rings. The standard InChI is InChI=1S/C12H26BrN/c1-6-7-11(8-13)9-14(5)10-12(2,3)4/h11H,6-10H2,1-5H3. The zero-order chi connectivity index (χ0) is 11.2. The number of alkyl halides is 1. The lowest BCUT2D eigenvalue weighted by molar-refractivity contribution is 0.202. The SMILES string of the molecule is CCCC(CBr)CN(C)CC(C)(C)C. The van der Waals surface area contributed by atoms with Crippen LogP contribution in [0.15, 0.2) is 0 Å². The van der Waals surface area contributed by atoms with E-state index in [0.29, 0.717) is 5.41 Å². The Hall–Kier alpha value is 0.440. The van der Waals surface area contributed by atoms with Crippen molar-refractivity contribution in [2.75, 3.05) is 25.5 Å². The molecule has 0 heterocycles. The van der Waals surface area contributed by atoms with Gasteiger partial charge in [-0.25, -0.2) is 0 Å². The number of rotatable bonds is 6. The molecule has 14 heavy (non-hydrogen) atoms. The van der Waals surface area contributed by atoms with Crippen LogP contribution >= 0.6 is 15.9 Å². The number of halogens is 1. The molecule has 1 atom stereocenters. The molecule has 86 valence electrons. The maximum atomic E-state index is 3.60. The molecule has 0 aromatic carbocycles. The van der Waals surface area contributed by atoms with Crippen LogP contribution in [0.3, 0.4) is 0 Å². The highest BCUT2D eigenvalue weighted by molar-refractivity contribution is 9.09. The van der Waals surface area contributed by atoms with E-state index in [0.717, 1.165) is 11.2 Å². The Balaban J connectivity index is 3.84. The topological polar surface area (TPSA) is 3.24 Å². The lowest BCUT2D eigenvalue weighted by Gasteiger charge is -2.29. The predicted octanol–water partition coefficient (Wildman–Crippen LogP) is 3.78. The first-order valence-corrected chi connectivity index (χ1v) is 6.75. The second-order valence-corrected chi connectivity index (χ2v) is 6.21. The van der Waals surface area contributed by atoms with Crippen molar-refractivity contribution < 1.29 is 0 Å². The molecule has 0 N–H and O–H groups in total. The van der Waals surface area contributed by atoms with E-state index in [2.05, 4.69) is 55.6 Å². The van der Waals surface area contributed by atoms with Gasteiger partial charge in [0.1, 0.15) is 0 Å². The Labute approximate surface area is 98.4 Å². The fourth-order valence-corrected chi connectivity index (χ4v) is 2.47. The molecular weight excluding hydrogens is 238 g/mol. The van der Waals surface area contributed by atoms with Crippen molar-refractivity contribution in [3.05, 3.63) is 0 Å². The van der Waals surface area contributed by atoms with Gasteiger partial charge in [0, 0.05) is 18.4 Å². The first kappa shape index (κ1) is 14.4. The van der Waals surface area contributed by atoms with Gasteiger partial charge in [-0.05, 0) is 24.8 Å². The molecule has 0 bridgehead atoms. The van der Waals surface area contributed by atoms with Crippen molar-refractivity contribution in [3.8, 4) is 0 Å². The molecule has 2 heteroatoms. The second kappa shape index (κ2) is 6.84. The molecule has 0 aliphatic heterocycles. The van der Waals surface area contributed by atoms with E-state index < -0.39 is 0 Å². The van der Waals surface area contributed by atoms with Crippen LogP contribution in [-0.2, 0) is 0 Å². The van der Waals surface area contributed by atoms with Gasteiger partial charge in [0.2, 0.25) is 0 Å². The predicted molar refractivity (Wildman–Crippen MR) is 69.1 cm³/mol. The normalized spacial score (nSPS) is 14.8. The van der Waals surface area contributed by atoms with E-state index in [1.807, 2.05) is 0 Å². The molecule has 0 spiro atoms. The lowest BCUT2D eigenvalue weighted by atomic mass is 9.95. The van der Waals surface area contributed by atoms with Gasteiger partial charge in [-0.15, -0.1) is 0 Å². The molecule has 0 radical (unpaired) electrons. The second-order valence-electron chi connectivity index (χ2n) is 5.57. The van der Waals surface area contributed by atoms with E-state index in [1.165, 1.54) is 25.9 Å². The fourth-order valence-electron chi connectivity index (χ4n) is 1.94. The molecule has 0 rings (SSSR count). The molecular formula is C12H26BrN. The highest BCUT2D eigenvalue weighted by Crippen LogP contribution is 2.17. The molecule has 1 nitrogen and oxygen atoms in total. The minimum Gasteiger partial charge on any atom is -0.306 e. The van der Waals surface area contributed by atoms with Crippen molar-refractivity contribution in [3.63, 3.8) is 0 Å². The molecule has 0 aliphatic carbocycles. The Bertz CT molecular complexity index is 140. The summed E-state index contributed by atoms with van der Waals surface area (Å²) in [6.07, 6.45) is 2.62. The molecule has 0 amide bonds. The minimum atomic E-state index is 0.415. The van der Waals surface area contributed by atoms with Gasteiger partial charge in [-0.2, -0.15) is 0 Å². The maximum absolute atomic E-state index is 3.60. The molecule has 0 saturated carbocycles. The smallest absolute Gasteiger partial charge is 0.00718 e. The number of hydrogen-bond donors (Lipinski definition) is 0. The third kappa shape index (κ3) is 7.81. The van der Waals surface area contributed by atoms with E-state index in [9.17, 15) is 0 Å². The summed E-state index contributed by atoms with van der Waals surface area (Å²) in [7, 11) is 2.23. The number of nitrogens with zero attached hydrogens (tertiary/aromatic N) is 1. The quantitative estimate of drug-likeness (QED) is 0.660. The third-order valence-electron chi connectivity index (χ3n) is 2.23. The zero-order valence-corrected chi connectivity index (χ0v) is 12.0. The maximum Gasteiger partial charge on any atom is 0.00718 e. The molecule has 0 saturated heterocycles. The summed E-state index contributed by atoms with van der Waals surface area (Å²) >= 11 is 3.60. The van der Waals surface area contributed by atoms with Gasteiger partial charge in [0.05, 0.1) is 0 Å². The first-order chi connectivity index (χ1) is 6.39. The van der Waals surface area contributed by atoms with Crippen molar-refractivity contribution in [1.82, 2.24) is 4.90 Å². The molecule has 1 unspecified atom stereocenters. The molecule has 0 aromatic rings. The average molecular weight is 264 g/mol. The van der Waals surface area contributed by atoms with Gasteiger partial charge in [-0.3, -0.25) is 0 Å². The van der Waals surface area contributed by atoms with Gasteiger partial charge in [0.15, 0.2) is 0 Å². The van der Waals surface area contributed by atoms with Crippen LogP contribution in [0.5, 0.6) is 0 Å². The number of hydrogen-bond acceptors (Lipinski definition) is 1. The van der Waals surface area contributed by atoms with Gasteiger partial charge >= 0.3 is 0 Å². The summed E-state index contributed by atoms with van der Waals surface area (Å²) in [5.74, 6) is 0.812. The van der Waals surface area contributed by atoms with Crippen LogP contribution in [0.2, 0.25) is 0 Å². The van der Waals surface area contributed by atoms with E-state index in [4.69, 9.17) is 0 Å². The van der Waals surface area contributed by atoms with Crippen LogP contribution in [0.25, 0.3) is 0 Å². The summed E-state index contributed by atoms with van der Waals surface area (Å²) in [5, 5.41) is 1.13. The highest BCUT2D eigenvalue weighted by atomic mass is 79.9. The summed E-state index contributed by atoms with van der Waals surface area (Å²) in [6.45, 7) is 11.6. The zero-order valence-electron chi connectivity index (χ0n) is 10.4. The molecule has 0 aliphatic rings. The van der Waals surface area contributed by atoms with Crippen molar-refractivity contribution in [2.24, 2.45) is 11.3 Å². The minimum absolute atomic E-state index is 0.415. The van der Waals surface area contributed by atoms with Crippen LogP contribution in [0.4, 0.5) is 0 Å². The summed E-state index contributed by atoms with van der Waals surface area (Å²) in [6, 6.07) is 0. The van der Waals surface area contributed by atoms with E-state index in [1.54, 1.807) is 0 Å². The van der Waals surface area contributed by atoms with Crippen molar-refractivity contribution in [2.45, 2.75) is 40.5 Å². The largest absolute Gasteiger partial charge is 0.306 e. The van der Waals surface area contributed by atoms with Gasteiger partial charge < -0.3 is 4.90 Å². The lowest BCUT2D eigenvalue weighted by Crippen LogP contribution is -2.33. The summed E-state index contributed by atoms with van der Waals surface area (Å²) in [5.41, 5.74) is 0.415. The highest BCUT2D eigenvalue weighted by Gasteiger charge is 2.16. The van der Waals surface area contributed by atoms with Gasteiger partial charge in [0.25, 0.3) is 0 Å². The Kier molecular flexibility index (Phi) is 7.05. The van der Waals surface area contributed by atoms with E-state index >= 15 is 0 Å². The third-order valence-corrected chi connectivity index (χ3v) is 3.14. The monoisotopic (exact) mass is 263 g/mol. The van der Waals surface area contributed by atoms with Crippen molar-refractivity contribution >= 4 is 15.9 Å². The molecule has 0 aromatic heterocycles.